The highest BCUT2D eigenvalue weighted by molar-refractivity contribution is 8.01. The van der Waals surface area contributed by atoms with Gasteiger partial charge in [0.25, 0.3) is 5.91 Å². The number of nitrogens with one attached hydrogen (secondary N) is 1. The van der Waals surface area contributed by atoms with Crippen molar-refractivity contribution in [2.75, 3.05) is 12.0 Å². The molecule has 0 aromatic heterocycles. The SMILES string of the molecule is BC(O)(c1ccc(O)c(OC)c1)C(O)(O)NC(=O)CC1SC(c2ccc(C#Cc3ccccc3)cc2)N(c2cccc(C(N)=O)c2)C1=O. The molecule has 3 amide bonds. The molecule has 3 atom stereocenters. The van der Waals surface area contributed by atoms with Crippen molar-refractivity contribution in [2.45, 2.75) is 28.5 Å². The second-order valence-corrected chi connectivity index (χ2v) is 12.5. The lowest BCUT2D eigenvalue weighted by atomic mass is 9.72. The average molecular weight is 666 g/mol. The molecule has 1 aliphatic rings. The number of aromatic hydroxyl groups is 1. The first-order valence-corrected chi connectivity index (χ1v) is 15.7. The molecule has 3 unspecified atom stereocenters. The molecule has 0 saturated carbocycles. The number of nitrogens with zero attached hydrogens (tertiary/aromatic N) is 1. The largest absolute Gasteiger partial charge is 0.504 e. The molecule has 11 nitrogen and oxygen atoms in total. The number of phenols is 1. The van der Waals surface area contributed by atoms with Crippen molar-refractivity contribution < 1.29 is 39.5 Å². The molecule has 7 N–H and O–H groups in total. The summed E-state index contributed by atoms with van der Waals surface area (Å²) in [7, 11) is 2.35. The zero-order valence-corrected chi connectivity index (χ0v) is 26.8. The van der Waals surface area contributed by atoms with Crippen LogP contribution in [-0.4, -0.2) is 64.3 Å². The highest BCUT2D eigenvalue weighted by Gasteiger charge is 2.49. The van der Waals surface area contributed by atoms with Crippen LogP contribution in [0.25, 0.3) is 0 Å². The number of rotatable bonds is 9. The van der Waals surface area contributed by atoms with Gasteiger partial charge in [-0.1, -0.05) is 54.3 Å². The topological polar surface area (TPSA) is 183 Å². The molecule has 48 heavy (non-hydrogen) atoms. The molecule has 0 spiro atoms. The van der Waals surface area contributed by atoms with E-state index in [4.69, 9.17) is 10.5 Å². The van der Waals surface area contributed by atoms with Gasteiger partial charge in [-0.05, 0) is 65.7 Å². The minimum Gasteiger partial charge on any atom is -0.504 e. The Morgan fingerprint density at radius 2 is 1.62 bits per heavy atom. The molecule has 4 aromatic rings. The zero-order chi connectivity index (χ0) is 34.6. The molecule has 13 heteroatoms. The van der Waals surface area contributed by atoms with Crippen molar-refractivity contribution in [2.24, 2.45) is 5.73 Å². The molecular formula is C35H32BN3O8S. The number of methoxy groups -OCH3 is 1. The molecule has 0 aliphatic carbocycles. The van der Waals surface area contributed by atoms with E-state index in [0.29, 0.717) is 11.3 Å². The van der Waals surface area contributed by atoms with Crippen LogP contribution in [0.2, 0.25) is 0 Å². The highest BCUT2D eigenvalue weighted by Crippen LogP contribution is 2.47. The third kappa shape index (κ3) is 7.17. The summed E-state index contributed by atoms with van der Waals surface area (Å²) in [4.78, 5) is 40.5. The molecular weight excluding hydrogens is 633 g/mol. The minimum atomic E-state index is -3.19. The highest BCUT2D eigenvalue weighted by atomic mass is 32.2. The van der Waals surface area contributed by atoms with E-state index in [9.17, 15) is 34.8 Å². The van der Waals surface area contributed by atoms with Gasteiger partial charge >= 0.3 is 0 Å². The van der Waals surface area contributed by atoms with Gasteiger partial charge in [0.1, 0.15) is 10.9 Å². The van der Waals surface area contributed by atoms with E-state index in [0.717, 1.165) is 30.7 Å². The van der Waals surface area contributed by atoms with Crippen molar-refractivity contribution in [1.82, 2.24) is 5.32 Å². The van der Waals surface area contributed by atoms with Gasteiger partial charge in [-0.25, -0.2) is 0 Å². The number of nitrogens with two attached hydrogens (primary N) is 1. The molecule has 5 rings (SSSR count). The van der Waals surface area contributed by atoms with Crippen molar-refractivity contribution in [3.63, 3.8) is 0 Å². The second-order valence-electron chi connectivity index (χ2n) is 11.2. The number of hydrogen-bond acceptors (Lipinski definition) is 9. The lowest BCUT2D eigenvalue weighted by molar-refractivity contribution is -0.264. The third-order valence-corrected chi connectivity index (χ3v) is 9.31. The number of hydrogen-bond donors (Lipinski definition) is 6. The number of aliphatic hydroxyl groups is 3. The molecule has 4 aromatic carbocycles. The first-order valence-electron chi connectivity index (χ1n) is 14.7. The van der Waals surface area contributed by atoms with Gasteiger partial charge in [0.2, 0.25) is 17.7 Å². The zero-order valence-electron chi connectivity index (χ0n) is 26.0. The van der Waals surface area contributed by atoms with E-state index >= 15 is 0 Å². The van der Waals surface area contributed by atoms with Crippen LogP contribution in [0.1, 0.15) is 44.4 Å². The molecule has 1 fully saturated rings. The lowest BCUT2D eigenvalue weighted by Crippen LogP contribution is -2.63. The number of carbonyl (C=O) groups excluding carboxylic acids is 3. The number of anilines is 1. The Morgan fingerprint density at radius 3 is 2.27 bits per heavy atom. The van der Waals surface area contributed by atoms with E-state index in [1.165, 1.54) is 42.3 Å². The van der Waals surface area contributed by atoms with Crippen LogP contribution in [0.4, 0.5) is 5.69 Å². The summed E-state index contributed by atoms with van der Waals surface area (Å²) < 4.78 is 5.04. The Bertz CT molecular complexity index is 1910. The Labute approximate surface area is 281 Å². The standard InChI is InChI=1S/C35H32BN3O8S/c1-47-28-19-25(16-17-27(28)40)34(36,44)35(45,46)38-30(41)20-29-32(43)39(26-9-5-8-24(18-26)31(37)42)33(48-29)23-14-12-22(13-15-23)11-10-21-6-3-2-4-7-21/h2-9,12-19,29,33,40,44-46H,20,36H2,1H3,(H2,37,42)(H,38,41). The Hall–Kier alpha value is -5.26. The fourth-order valence-corrected chi connectivity index (χ4v) is 6.54. The number of phenolic OH excluding ortho intramolecular Hbond substituents is 1. The van der Waals surface area contributed by atoms with E-state index in [2.05, 4.69) is 11.8 Å². The number of carbonyl (C=O) groups is 3. The number of amides is 3. The van der Waals surface area contributed by atoms with Gasteiger partial charge in [0.05, 0.1) is 12.4 Å². The van der Waals surface area contributed by atoms with Crippen LogP contribution >= 0.6 is 11.8 Å². The predicted octanol–water partition coefficient (Wildman–Crippen LogP) is 1.67. The minimum absolute atomic E-state index is 0.0364. The molecule has 0 bridgehead atoms. The van der Waals surface area contributed by atoms with Gasteiger partial charge in [-0.2, -0.15) is 0 Å². The van der Waals surface area contributed by atoms with E-state index in [1.807, 2.05) is 59.9 Å². The lowest BCUT2D eigenvalue weighted by Gasteiger charge is -2.37. The van der Waals surface area contributed by atoms with Gasteiger partial charge in [-0.3, -0.25) is 19.3 Å². The van der Waals surface area contributed by atoms with Crippen molar-refractivity contribution in [1.29, 1.82) is 0 Å². The van der Waals surface area contributed by atoms with Crippen LogP contribution in [0.15, 0.2) is 97.1 Å². The summed E-state index contributed by atoms with van der Waals surface area (Å²) in [5.74, 6) is 0.667. The molecule has 1 heterocycles. The first-order chi connectivity index (χ1) is 22.8. The summed E-state index contributed by atoms with van der Waals surface area (Å²) in [6, 6.07) is 26.7. The normalized spacial score (nSPS) is 17.2. The van der Waals surface area contributed by atoms with Crippen molar-refractivity contribution in [3.05, 3.63) is 125 Å². The van der Waals surface area contributed by atoms with Crippen LogP contribution in [0.3, 0.4) is 0 Å². The summed E-state index contributed by atoms with van der Waals surface area (Å²) in [5, 5.41) is 43.1. The summed E-state index contributed by atoms with van der Waals surface area (Å²) in [5.41, 5.74) is 5.85. The predicted molar refractivity (Wildman–Crippen MR) is 182 cm³/mol. The van der Waals surface area contributed by atoms with E-state index in [-0.39, 0.29) is 22.6 Å². The Morgan fingerprint density at radius 1 is 0.958 bits per heavy atom. The number of thioether (sulfide) groups is 1. The van der Waals surface area contributed by atoms with Crippen molar-refractivity contribution in [3.8, 4) is 23.3 Å². The third-order valence-electron chi connectivity index (χ3n) is 7.88. The summed E-state index contributed by atoms with van der Waals surface area (Å²) in [6.45, 7) is 0. The van der Waals surface area contributed by atoms with Gasteiger partial charge in [-0.15, -0.1) is 11.8 Å². The number of primary amides is 1. The average Bonchev–Trinajstić information content (AvgIpc) is 3.39. The quantitative estimate of drug-likeness (QED) is 0.0880. The maximum Gasteiger partial charge on any atom is 0.272 e. The Kier molecular flexibility index (Phi) is 9.83. The second kappa shape index (κ2) is 13.8. The smallest absolute Gasteiger partial charge is 0.272 e. The van der Waals surface area contributed by atoms with E-state index < -0.39 is 46.2 Å². The Balaban J connectivity index is 1.39. The maximum absolute atomic E-state index is 13.9. The van der Waals surface area contributed by atoms with Crippen molar-refractivity contribution >= 4 is 43.0 Å². The molecule has 0 radical (unpaired) electrons. The fraction of sp³-hybridized carbons (Fsp3) is 0.171. The molecule has 244 valence electrons. The van der Waals surface area contributed by atoms with E-state index in [1.54, 1.807) is 12.1 Å². The fourth-order valence-electron chi connectivity index (χ4n) is 5.09. The number of benzene rings is 4. The van der Waals surface area contributed by atoms with Crippen LogP contribution in [0.5, 0.6) is 11.5 Å². The van der Waals surface area contributed by atoms with Gasteiger partial charge < -0.3 is 36.2 Å². The van der Waals surface area contributed by atoms with Crippen LogP contribution < -0.4 is 20.7 Å². The van der Waals surface area contributed by atoms with Gasteiger partial charge in [0.15, 0.2) is 19.3 Å². The summed E-state index contributed by atoms with van der Waals surface area (Å²) in [6.07, 6.45) is -0.482. The van der Waals surface area contributed by atoms with Crippen LogP contribution in [-0.2, 0) is 15.1 Å². The monoisotopic (exact) mass is 665 g/mol. The first kappa shape index (κ1) is 34.1. The summed E-state index contributed by atoms with van der Waals surface area (Å²) >= 11 is 1.16. The number of ether oxygens (including phenoxy) is 1. The van der Waals surface area contributed by atoms with Gasteiger partial charge in [0, 0.05) is 28.8 Å². The van der Waals surface area contributed by atoms with Crippen LogP contribution in [0, 0.1) is 11.8 Å². The maximum atomic E-state index is 13.9. The molecule has 1 aliphatic heterocycles. The molecule has 1 saturated heterocycles.